The van der Waals surface area contributed by atoms with Gasteiger partial charge in [0.05, 0.1) is 0 Å². The molecule has 0 saturated carbocycles. The molecule has 1 aliphatic heterocycles. The fraction of sp³-hybridized carbons (Fsp3) is 0.231. The Morgan fingerprint density at radius 1 is 1.16 bits per heavy atom. The molecule has 0 saturated heterocycles. The molecular weight excluding hydrogens is 466 g/mol. The summed E-state index contributed by atoms with van der Waals surface area (Å²) >= 11 is 7.21. The molecule has 0 bridgehead atoms. The van der Waals surface area contributed by atoms with Crippen LogP contribution in [0.15, 0.2) is 16.5 Å². The summed E-state index contributed by atoms with van der Waals surface area (Å²) in [5, 5.41) is 2.90. The largest absolute Gasteiger partial charge is 1.00 e. The van der Waals surface area contributed by atoms with Gasteiger partial charge in [-0.15, -0.1) is 0 Å². The minimum Gasteiger partial charge on any atom is -1.00 e. The van der Waals surface area contributed by atoms with Crippen LogP contribution in [0.25, 0.3) is 15.4 Å². The smallest absolute Gasteiger partial charge is 1.00 e. The molecule has 1 unspecified atom stereocenters. The number of hydrogen-bond acceptors (Lipinski definition) is 1. The summed E-state index contributed by atoms with van der Waals surface area (Å²) in [5.41, 5.74) is 4.26. The summed E-state index contributed by atoms with van der Waals surface area (Å²) in [5.74, 6) is 0. The summed E-state index contributed by atoms with van der Waals surface area (Å²) in [6.07, 6.45) is 4.59. The molecule has 19 heavy (non-hydrogen) atoms. The maximum atomic E-state index is 3.74. The molecule has 0 N–H and O–H groups in total. The van der Waals surface area contributed by atoms with Gasteiger partial charge in [0.2, 0.25) is 0 Å². The fourth-order valence-corrected chi connectivity index (χ4v) is 5.68. The molecule has 0 nitrogen and oxygen atoms in total. The molecule has 2 aliphatic rings. The Kier molecular flexibility index (Phi) is 8.02. The molecular formula is C13H10BrCl3SZr. The van der Waals surface area contributed by atoms with Crippen molar-refractivity contribution < 1.29 is 61.9 Å². The van der Waals surface area contributed by atoms with E-state index < -0.39 is 0 Å². The van der Waals surface area contributed by atoms with E-state index in [1.54, 1.807) is 3.28 Å². The molecule has 1 aromatic rings. The summed E-state index contributed by atoms with van der Waals surface area (Å²) in [6.45, 7) is 4.43. The van der Waals surface area contributed by atoms with Gasteiger partial charge in [-0.05, 0) is 0 Å². The third kappa shape index (κ3) is 3.38. The Morgan fingerprint density at radius 2 is 1.79 bits per heavy atom. The van der Waals surface area contributed by atoms with E-state index in [1.807, 2.05) is 11.8 Å². The van der Waals surface area contributed by atoms with Crippen LogP contribution in [-0.4, -0.2) is 4.16 Å². The molecule has 100 valence electrons. The van der Waals surface area contributed by atoms with Crippen molar-refractivity contribution in [1.29, 1.82) is 0 Å². The zero-order chi connectivity index (χ0) is 11.4. The number of rotatable bonds is 0. The van der Waals surface area contributed by atoms with Crippen LogP contribution in [0.5, 0.6) is 0 Å². The number of alkyl halides is 1. The Hall–Kier alpha value is 1.28. The third-order valence-corrected chi connectivity index (χ3v) is 8.02. The van der Waals surface area contributed by atoms with Gasteiger partial charge >= 0.3 is 124 Å². The van der Waals surface area contributed by atoms with Crippen LogP contribution in [0.4, 0.5) is 0 Å². The summed E-state index contributed by atoms with van der Waals surface area (Å²) < 4.78 is 2.04. The summed E-state index contributed by atoms with van der Waals surface area (Å²) in [4.78, 5) is 1.45. The van der Waals surface area contributed by atoms with Gasteiger partial charge in [-0.3, -0.25) is 0 Å². The van der Waals surface area contributed by atoms with Gasteiger partial charge in [-0.2, -0.15) is 0 Å². The number of hydrogen-bond donors (Lipinski definition) is 0. The van der Waals surface area contributed by atoms with Crippen molar-refractivity contribution in [2.24, 2.45) is 0 Å². The van der Waals surface area contributed by atoms with Crippen molar-refractivity contribution >= 4 is 43.1 Å². The van der Waals surface area contributed by atoms with Crippen LogP contribution in [0, 0.1) is 6.92 Å². The third-order valence-electron chi connectivity index (χ3n) is 3.10. The first-order valence-electron chi connectivity index (χ1n) is 5.18. The van der Waals surface area contributed by atoms with Crippen molar-refractivity contribution in [2.75, 3.05) is 0 Å². The quantitative estimate of drug-likeness (QED) is 0.337. The molecule has 1 aromatic carbocycles. The topological polar surface area (TPSA) is 0 Å². The minimum absolute atomic E-state index is 0. The fourth-order valence-electron chi connectivity index (χ4n) is 2.36. The number of allylic oxidation sites excluding steroid dienone is 1. The second-order valence-corrected chi connectivity index (χ2v) is 8.25. The van der Waals surface area contributed by atoms with E-state index in [1.165, 1.54) is 56.8 Å². The standard InChI is InChI=1S/C13H10BrS.3ClH.Zr/c1-7-3-9-5-12-11(6-13(14)15-12)8(2)10(9)4-7;;;;/h3-5,13H,1-2H3;3*1H;/q;;;;+3/p-3. The van der Waals surface area contributed by atoms with Gasteiger partial charge in [0.15, 0.2) is 0 Å². The molecule has 1 aliphatic carbocycles. The first kappa shape index (κ1) is 20.3. The Balaban J connectivity index is 0.00000108. The first-order valence-corrected chi connectivity index (χ1v) is 8.20. The van der Waals surface area contributed by atoms with Crippen molar-refractivity contribution in [2.45, 2.75) is 22.9 Å². The average Bonchev–Trinajstić information content (AvgIpc) is 2.70. The SMILES string of the molecule is CC1=Cc2c(C)c3c(cc2=C1)SC(Br)[C]=3[Zr+3].[Cl-].[Cl-].[Cl-]. The van der Waals surface area contributed by atoms with Crippen molar-refractivity contribution in [3.05, 3.63) is 33.2 Å². The maximum absolute atomic E-state index is 3.74. The van der Waals surface area contributed by atoms with E-state index >= 15 is 0 Å². The number of thioether (sulfide) groups is 1. The van der Waals surface area contributed by atoms with Crippen LogP contribution in [-0.2, 0) is 24.7 Å². The van der Waals surface area contributed by atoms with Gasteiger partial charge in [0.25, 0.3) is 0 Å². The zero-order valence-corrected chi connectivity index (χ0v) is 17.4. The van der Waals surface area contributed by atoms with Crippen LogP contribution in [0.2, 0.25) is 0 Å². The predicted molar refractivity (Wildman–Crippen MR) is 70.5 cm³/mol. The van der Waals surface area contributed by atoms with Gasteiger partial charge in [0, 0.05) is 0 Å². The molecule has 1 heterocycles. The minimum atomic E-state index is 0. The Morgan fingerprint density at radius 3 is 2.42 bits per heavy atom. The molecule has 0 fully saturated rings. The Labute approximate surface area is 159 Å². The zero-order valence-electron chi connectivity index (χ0n) is 10.2. The molecule has 0 amide bonds. The second kappa shape index (κ2) is 7.52. The van der Waals surface area contributed by atoms with Gasteiger partial charge < -0.3 is 37.2 Å². The molecule has 0 radical (unpaired) electrons. The molecule has 0 spiro atoms. The van der Waals surface area contributed by atoms with Crippen molar-refractivity contribution in [1.82, 2.24) is 0 Å². The monoisotopic (exact) mass is 472 g/mol. The van der Waals surface area contributed by atoms with Crippen LogP contribution >= 0.6 is 27.7 Å². The van der Waals surface area contributed by atoms with E-state index in [0.717, 1.165) is 0 Å². The number of fused-ring (bicyclic) bond motifs is 2. The molecule has 6 heteroatoms. The van der Waals surface area contributed by atoms with E-state index in [-0.39, 0.29) is 37.2 Å². The van der Waals surface area contributed by atoms with Gasteiger partial charge in [-0.1, -0.05) is 0 Å². The average molecular weight is 476 g/mol. The van der Waals surface area contributed by atoms with Crippen LogP contribution in [0.3, 0.4) is 0 Å². The number of halogens is 4. The van der Waals surface area contributed by atoms with E-state index in [9.17, 15) is 0 Å². The number of benzene rings is 1. The van der Waals surface area contributed by atoms with E-state index in [0.29, 0.717) is 4.16 Å². The molecule has 3 rings (SSSR count). The van der Waals surface area contributed by atoms with Crippen molar-refractivity contribution in [3.8, 4) is 0 Å². The normalized spacial score (nSPS) is 18.3. The van der Waals surface area contributed by atoms with Gasteiger partial charge in [-0.25, -0.2) is 0 Å². The summed E-state index contributed by atoms with van der Waals surface area (Å²) in [7, 11) is 0. The molecule has 1 atom stereocenters. The summed E-state index contributed by atoms with van der Waals surface area (Å²) in [6, 6.07) is 2.35. The second-order valence-electron chi connectivity index (χ2n) is 4.26. The molecule has 0 aromatic heterocycles. The van der Waals surface area contributed by atoms with Crippen molar-refractivity contribution in [3.63, 3.8) is 0 Å². The first-order chi connectivity index (χ1) is 7.58. The van der Waals surface area contributed by atoms with E-state index in [2.05, 4.69) is 48.0 Å². The van der Waals surface area contributed by atoms with Crippen LogP contribution in [0.1, 0.15) is 18.1 Å². The van der Waals surface area contributed by atoms with Crippen LogP contribution < -0.4 is 47.7 Å². The predicted octanol–water partition coefficient (Wildman–Crippen LogP) is -6.31. The van der Waals surface area contributed by atoms with E-state index in [4.69, 9.17) is 0 Å². The maximum Gasteiger partial charge on any atom is -1.00 e. The van der Waals surface area contributed by atoms with Gasteiger partial charge in [0.1, 0.15) is 0 Å². The Bertz CT molecular complexity index is 655.